The summed E-state index contributed by atoms with van der Waals surface area (Å²) in [6, 6.07) is 0. The molecule has 0 atom stereocenters. The van der Waals surface area contributed by atoms with Gasteiger partial charge in [0, 0.05) is 49.6 Å². The number of anilines is 2. The topological polar surface area (TPSA) is 190 Å². The van der Waals surface area contributed by atoms with E-state index in [9.17, 15) is 9.59 Å². The van der Waals surface area contributed by atoms with Gasteiger partial charge in [-0.3, -0.25) is 19.6 Å². The second-order valence-corrected chi connectivity index (χ2v) is 11.6. The number of hydrazine groups is 2. The summed E-state index contributed by atoms with van der Waals surface area (Å²) in [6.07, 6.45) is 14.5. The summed E-state index contributed by atoms with van der Waals surface area (Å²) >= 11 is 36.0. The zero-order valence-corrected chi connectivity index (χ0v) is 30.3. The molecule has 0 saturated carbocycles. The van der Waals surface area contributed by atoms with Crippen molar-refractivity contribution >= 4 is 140 Å². The fraction of sp³-hybridized carbons (Fsp3) is 0. The molecule has 0 aliphatic rings. The summed E-state index contributed by atoms with van der Waals surface area (Å²) in [4.78, 5) is 54.0. The van der Waals surface area contributed by atoms with Crippen molar-refractivity contribution in [3.8, 4) is 0 Å². The number of aromatic nitrogens is 8. The molecule has 0 bridgehead atoms. The van der Waals surface area contributed by atoms with Gasteiger partial charge in [0.15, 0.2) is 31.9 Å². The van der Waals surface area contributed by atoms with Crippen molar-refractivity contribution < 1.29 is 34.9 Å². The van der Waals surface area contributed by atoms with Crippen molar-refractivity contribution in [3.63, 3.8) is 0 Å². The molecule has 2 N–H and O–H groups in total. The van der Waals surface area contributed by atoms with Crippen LogP contribution in [0.15, 0.2) is 62.0 Å². The minimum absolute atomic E-state index is 0.0302. The van der Waals surface area contributed by atoms with Crippen LogP contribution in [-0.2, 0) is 50.5 Å². The van der Waals surface area contributed by atoms with E-state index in [4.69, 9.17) is 80.9 Å². The maximum atomic E-state index is 12.5. The number of imidazole rings is 2. The molecule has 0 unspecified atom stereocenters. The molecule has 45 heavy (non-hydrogen) atoms. The number of thiol groups is 2. The number of nitrogens with zero attached hydrogens (tertiary/aromatic N) is 10. The number of hydrogen-bond donors (Lipinski definition) is 4. The first-order chi connectivity index (χ1) is 21.5. The maximum absolute atomic E-state index is 12.5. The van der Waals surface area contributed by atoms with Gasteiger partial charge in [0.1, 0.15) is 0 Å². The molecule has 25 heteroatoms. The van der Waals surface area contributed by atoms with Crippen molar-refractivity contribution in [1.29, 1.82) is 0 Å². The number of aromatic amines is 2. The van der Waals surface area contributed by atoms with Crippen LogP contribution in [0.1, 0.15) is 21.2 Å². The molecular formula is C20H14MoN12O4S8. The molecule has 0 aromatic carbocycles. The van der Waals surface area contributed by atoms with Crippen LogP contribution in [0.4, 0.5) is 11.6 Å². The van der Waals surface area contributed by atoms with E-state index in [1.165, 1.54) is 72.0 Å². The van der Waals surface area contributed by atoms with E-state index in [1.54, 1.807) is 0 Å². The van der Waals surface area contributed by atoms with E-state index in [0.29, 0.717) is 0 Å². The summed E-state index contributed by atoms with van der Waals surface area (Å²) in [6.45, 7) is 0. The SMILES string of the molecule is O=C(c1ncc[nH]1)N(C(=S)[S-])N(C(=S)S)c1cnccn1.O=C(c1ncc[nH]1)N(C(=S)[S-])N(C(=S)S)c1cnccn1.[O]=[Mo+2]=[O]. The summed E-state index contributed by atoms with van der Waals surface area (Å²) in [7, 11) is 0. The van der Waals surface area contributed by atoms with Crippen LogP contribution >= 0.6 is 74.1 Å². The molecule has 4 aromatic rings. The van der Waals surface area contributed by atoms with Crippen LogP contribution < -0.4 is 10.0 Å². The number of thiocarbonyl (C=S) groups is 4. The van der Waals surface area contributed by atoms with E-state index in [-0.39, 0.29) is 40.6 Å². The number of rotatable bonds is 4. The van der Waals surface area contributed by atoms with Crippen LogP contribution in [0.25, 0.3) is 0 Å². The van der Waals surface area contributed by atoms with Gasteiger partial charge in [0.05, 0.1) is 12.4 Å². The number of hydrogen-bond acceptors (Lipinski definition) is 16. The Kier molecular flexibility index (Phi) is 16.4. The molecule has 4 heterocycles. The van der Waals surface area contributed by atoms with Crippen LogP contribution in [0.3, 0.4) is 0 Å². The molecular weight excluding hydrogens is 825 g/mol. The van der Waals surface area contributed by atoms with Gasteiger partial charge in [0.2, 0.25) is 0 Å². The molecule has 4 rings (SSSR count). The van der Waals surface area contributed by atoms with Crippen LogP contribution in [0, 0.1) is 0 Å². The van der Waals surface area contributed by atoms with Gasteiger partial charge in [-0.25, -0.2) is 40.0 Å². The molecule has 0 saturated heterocycles. The van der Waals surface area contributed by atoms with Crippen molar-refractivity contribution in [2.75, 3.05) is 10.0 Å². The molecule has 16 nitrogen and oxygen atoms in total. The number of nitrogens with one attached hydrogen (secondary N) is 2. The standard InChI is InChI=1S/2C10H8N6OS4.Mo.2O/c2*17-8(7-13-3-4-14-7)16(10(20)21)15(9(18)19)6-5-11-1-2-12-6;;;/h2*1-5H,(H,13,14)(H,18,19)(H,20,21);;;/q;;+2;;/p-2. The average Bonchev–Trinajstić information content (AvgIpc) is 3.74. The third-order valence-electron chi connectivity index (χ3n) is 4.43. The molecule has 2 amide bonds. The molecule has 0 spiro atoms. The third kappa shape index (κ3) is 11.0. The molecule has 0 fully saturated rings. The molecule has 232 valence electrons. The summed E-state index contributed by atoms with van der Waals surface area (Å²) in [5.74, 6) is -0.542. The first-order valence-corrected chi connectivity index (χ1v) is 16.0. The van der Waals surface area contributed by atoms with Gasteiger partial charge >= 0.3 is 37.1 Å². The monoisotopic (exact) mass is 840 g/mol. The van der Waals surface area contributed by atoms with E-state index >= 15 is 0 Å². The Morgan fingerprint density at radius 3 is 1.24 bits per heavy atom. The van der Waals surface area contributed by atoms with E-state index in [0.717, 1.165) is 10.0 Å². The Bertz CT molecular complexity index is 1550. The number of carbonyl (C=O) groups is 2. The Labute approximate surface area is 306 Å². The quantitative estimate of drug-likeness (QED) is 0.0767. The van der Waals surface area contributed by atoms with E-state index in [2.05, 4.69) is 65.1 Å². The van der Waals surface area contributed by atoms with Crippen molar-refractivity contribution in [1.82, 2.24) is 49.9 Å². The van der Waals surface area contributed by atoms with Crippen LogP contribution in [0.2, 0.25) is 0 Å². The molecule has 0 aliphatic heterocycles. The molecule has 4 aromatic heterocycles. The zero-order valence-electron chi connectivity index (χ0n) is 21.6. The summed E-state index contributed by atoms with van der Waals surface area (Å²) in [5.41, 5.74) is 0. The summed E-state index contributed by atoms with van der Waals surface area (Å²) < 4.78 is 16.8. The first kappa shape index (κ1) is 38.1. The summed E-state index contributed by atoms with van der Waals surface area (Å²) in [5, 5.41) is 4.32. The van der Waals surface area contributed by atoms with Gasteiger partial charge in [-0.1, -0.05) is 24.4 Å². The van der Waals surface area contributed by atoms with Crippen LogP contribution in [0.5, 0.6) is 0 Å². The first-order valence-electron chi connectivity index (χ1n) is 11.1. The second kappa shape index (κ2) is 19.4. The minimum atomic E-state index is -2.03. The average molecular weight is 839 g/mol. The Balaban J connectivity index is 0.000000288. The Morgan fingerprint density at radius 2 is 1.02 bits per heavy atom. The molecule has 0 radical (unpaired) electrons. The van der Waals surface area contributed by atoms with E-state index < -0.39 is 30.3 Å². The Morgan fingerprint density at radius 1 is 0.667 bits per heavy atom. The van der Waals surface area contributed by atoms with Crippen LogP contribution in [-0.4, -0.2) is 79.0 Å². The zero-order chi connectivity index (χ0) is 33.5. The van der Waals surface area contributed by atoms with Gasteiger partial charge < -0.3 is 59.7 Å². The third-order valence-corrected chi connectivity index (χ3v) is 5.84. The molecule has 0 aliphatic carbocycles. The van der Waals surface area contributed by atoms with Crippen molar-refractivity contribution in [3.05, 3.63) is 73.6 Å². The second-order valence-electron chi connectivity index (χ2n) is 7.03. The normalized spacial score (nSPS) is 9.47. The van der Waals surface area contributed by atoms with Gasteiger partial charge in [-0.15, -0.1) is 25.3 Å². The van der Waals surface area contributed by atoms with Crippen molar-refractivity contribution in [2.24, 2.45) is 0 Å². The predicted octanol–water partition coefficient (Wildman–Crippen LogP) is 1.98. The van der Waals surface area contributed by atoms with Gasteiger partial charge in [-0.2, -0.15) is 0 Å². The van der Waals surface area contributed by atoms with E-state index in [1.807, 2.05) is 0 Å². The Hall–Kier alpha value is -3.09. The fourth-order valence-corrected chi connectivity index (χ4v) is 4.24. The van der Waals surface area contributed by atoms with Gasteiger partial charge in [-0.05, 0) is 8.64 Å². The van der Waals surface area contributed by atoms with Crippen molar-refractivity contribution in [2.45, 2.75) is 0 Å². The number of H-pyrrole nitrogens is 2. The van der Waals surface area contributed by atoms with Gasteiger partial charge in [0.25, 0.3) is 0 Å². The predicted molar refractivity (Wildman–Crippen MR) is 183 cm³/mol. The fourth-order valence-electron chi connectivity index (χ4n) is 2.85. The number of carbonyl (C=O) groups excluding carboxylic acids is 2. The number of amides is 2.